The van der Waals surface area contributed by atoms with Crippen LogP contribution in [-0.2, 0) is 0 Å². The molecule has 0 atom stereocenters. The Morgan fingerprint density at radius 3 is 2.17 bits per heavy atom. The molecular formula is C24H20FN3O. The molecule has 0 saturated carbocycles. The number of carbonyl (C=O) groups is 1. The van der Waals surface area contributed by atoms with Crippen molar-refractivity contribution < 1.29 is 9.18 Å². The first-order valence-electron chi connectivity index (χ1n) is 9.51. The first-order chi connectivity index (χ1) is 14.2. The summed E-state index contributed by atoms with van der Waals surface area (Å²) < 4.78 is 13.9. The summed E-state index contributed by atoms with van der Waals surface area (Å²) in [5.41, 5.74) is 3.34. The molecule has 144 valence electrons. The van der Waals surface area contributed by atoms with Crippen LogP contribution in [0.2, 0.25) is 0 Å². The monoisotopic (exact) mass is 385 g/mol. The Morgan fingerprint density at radius 1 is 0.897 bits per heavy atom. The number of benzene rings is 3. The van der Waals surface area contributed by atoms with Gasteiger partial charge < -0.3 is 5.32 Å². The number of halogens is 1. The Balaban J connectivity index is 1.52. The Morgan fingerprint density at radius 2 is 1.52 bits per heavy atom. The molecule has 0 bridgehead atoms. The quantitative estimate of drug-likeness (QED) is 0.522. The van der Waals surface area contributed by atoms with Gasteiger partial charge in [-0.1, -0.05) is 60.7 Å². The number of hydrogen-bond acceptors (Lipinski definition) is 3. The smallest absolute Gasteiger partial charge is 0.253 e. The number of fused-ring (bicyclic) bond motifs is 1. The van der Waals surface area contributed by atoms with Gasteiger partial charge >= 0.3 is 0 Å². The van der Waals surface area contributed by atoms with Crippen molar-refractivity contribution in [3.8, 4) is 0 Å². The van der Waals surface area contributed by atoms with Gasteiger partial charge in [0.1, 0.15) is 11.3 Å². The zero-order valence-corrected chi connectivity index (χ0v) is 15.8. The lowest BCUT2D eigenvalue weighted by Gasteiger charge is -2.18. The maximum atomic E-state index is 13.9. The van der Waals surface area contributed by atoms with Gasteiger partial charge in [-0.3, -0.25) is 14.8 Å². The van der Waals surface area contributed by atoms with Crippen molar-refractivity contribution in [3.63, 3.8) is 0 Å². The van der Waals surface area contributed by atoms with Crippen LogP contribution >= 0.6 is 0 Å². The number of nitrogens with zero attached hydrogens (tertiary/aromatic N) is 2. The second kappa shape index (κ2) is 8.61. The molecule has 0 radical (unpaired) electrons. The van der Waals surface area contributed by atoms with Crippen molar-refractivity contribution in [3.05, 3.63) is 108 Å². The zero-order valence-electron chi connectivity index (χ0n) is 15.8. The maximum Gasteiger partial charge on any atom is 0.253 e. The third kappa shape index (κ3) is 4.29. The van der Waals surface area contributed by atoms with Crippen LogP contribution in [0.15, 0.2) is 85.2 Å². The molecule has 4 aromatic rings. The number of carbonyl (C=O) groups excluding carboxylic acids is 1. The third-order valence-electron chi connectivity index (χ3n) is 4.91. The Labute approximate surface area is 168 Å². The SMILES string of the molecule is O=C(NCCC(c1ccccc1)c1ccccc1)c1cc(F)cc2nccnc12. The van der Waals surface area contributed by atoms with Gasteiger partial charge in [0.15, 0.2) is 0 Å². The van der Waals surface area contributed by atoms with E-state index in [1.807, 2.05) is 36.4 Å². The highest BCUT2D eigenvalue weighted by atomic mass is 19.1. The second-order valence-electron chi connectivity index (χ2n) is 6.80. The van der Waals surface area contributed by atoms with Gasteiger partial charge in [0.05, 0.1) is 11.1 Å². The average Bonchev–Trinajstić information content (AvgIpc) is 2.77. The second-order valence-corrected chi connectivity index (χ2v) is 6.80. The summed E-state index contributed by atoms with van der Waals surface area (Å²) in [6, 6.07) is 22.9. The van der Waals surface area contributed by atoms with Gasteiger partial charge in [0.25, 0.3) is 5.91 Å². The molecule has 5 heteroatoms. The molecule has 0 aliphatic carbocycles. The fourth-order valence-electron chi connectivity index (χ4n) is 3.54. The summed E-state index contributed by atoms with van der Waals surface area (Å²) >= 11 is 0. The van der Waals surface area contributed by atoms with E-state index < -0.39 is 5.82 Å². The van der Waals surface area contributed by atoms with Crippen molar-refractivity contribution >= 4 is 16.9 Å². The van der Waals surface area contributed by atoms with Crippen molar-refractivity contribution in [1.82, 2.24) is 15.3 Å². The largest absolute Gasteiger partial charge is 0.352 e. The van der Waals surface area contributed by atoms with E-state index in [1.54, 1.807) is 0 Å². The Hall–Kier alpha value is -3.60. The number of rotatable bonds is 6. The van der Waals surface area contributed by atoms with E-state index in [-0.39, 0.29) is 17.4 Å². The molecule has 1 aromatic heterocycles. The highest BCUT2D eigenvalue weighted by Gasteiger charge is 2.17. The standard InChI is InChI=1S/C24H20FN3O/c25-19-15-21(23-22(16-19)26-13-14-27-23)24(29)28-12-11-20(17-7-3-1-4-8-17)18-9-5-2-6-10-18/h1-10,13-16,20H,11-12H2,(H,28,29). The summed E-state index contributed by atoms with van der Waals surface area (Å²) in [7, 11) is 0. The summed E-state index contributed by atoms with van der Waals surface area (Å²) in [6.07, 6.45) is 3.70. The van der Waals surface area contributed by atoms with Crippen LogP contribution < -0.4 is 5.32 Å². The maximum absolute atomic E-state index is 13.9. The van der Waals surface area contributed by atoms with E-state index in [9.17, 15) is 9.18 Å². The molecule has 1 N–H and O–H groups in total. The molecule has 29 heavy (non-hydrogen) atoms. The first kappa shape index (κ1) is 18.7. The highest BCUT2D eigenvalue weighted by molar-refractivity contribution is 6.04. The molecule has 0 saturated heterocycles. The Bertz CT molecular complexity index is 1080. The minimum Gasteiger partial charge on any atom is -0.352 e. The first-order valence-corrected chi connectivity index (χ1v) is 9.51. The molecular weight excluding hydrogens is 365 g/mol. The van der Waals surface area contributed by atoms with Crippen LogP contribution in [0.5, 0.6) is 0 Å². The number of hydrogen-bond donors (Lipinski definition) is 1. The normalized spacial score (nSPS) is 11.0. The van der Waals surface area contributed by atoms with Crippen LogP contribution in [0.4, 0.5) is 4.39 Å². The van der Waals surface area contributed by atoms with Crippen molar-refractivity contribution in [2.75, 3.05) is 6.54 Å². The lowest BCUT2D eigenvalue weighted by Crippen LogP contribution is -2.26. The number of nitrogens with one attached hydrogen (secondary N) is 1. The number of aromatic nitrogens is 2. The van der Waals surface area contributed by atoms with E-state index in [4.69, 9.17) is 0 Å². The highest BCUT2D eigenvalue weighted by Crippen LogP contribution is 2.27. The molecule has 4 rings (SSSR count). The van der Waals surface area contributed by atoms with Crippen LogP contribution in [0, 0.1) is 5.82 Å². The van der Waals surface area contributed by atoms with Crippen LogP contribution in [-0.4, -0.2) is 22.4 Å². The fraction of sp³-hybridized carbons (Fsp3) is 0.125. The van der Waals surface area contributed by atoms with Gasteiger partial charge in [-0.05, 0) is 23.6 Å². The predicted molar refractivity (Wildman–Crippen MR) is 111 cm³/mol. The van der Waals surface area contributed by atoms with Gasteiger partial charge in [-0.15, -0.1) is 0 Å². The molecule has 0 aliphatic heterocycles. The van der Waals surface area contributed by atoms with Crippen molar-refractivity contribution in [2.45, 2.75) is 12.3 Å². The van der Waals surface area contributed by atoms with E-state index in [0.717, 1.165) is 6.42 Å². The molecule has 0 spiro atoms. The summed E-state index contributed by atoms with van der Waals surface area (Å²) in [6.45, 7) is 0.450. The average molecular weight is 385 g/mol. The summed E-state index contributed by atoms with van der Waals surface area (Å²) in [5, 5.41) is 2.91. The third-order valence-corrected chi connectivity index (χ3v) is 4.91. The molecule has 0 unspecified atom stereocenters. The predicted octanol–water partition coefficient (Wildman–Crippen LogP) is 4.72. The van der Waals surface area contributed by atoms with Crippen molar-refractivity contribution in [2.24, 2.45) is 0 Å². The van der Waals surface area contributed by atoms with E-state index in [0.29, 0.717) is 17.6 Å². The zero-order chi connectivity index (χ0) is 20.1. The van der Waals surface area contributed by atoms with E-state index >= 15 is 0 Å². The lowest BCUT2D eigenvalue weighted by atomic mass is 9.88. The van der Waals surface area contributed by atoms with E-state index in [1.165, 1.54) is 35.7 Å². The summed E-state index contributed by atoms with van der Waals surface area (Å²) in [4.78, 5) is 21.0. The van der Waals surface area contributed by atoms with Crippen LogP contribution in [0.3, 0.4) is 0 Å². The molecule has 1 heterocycles. The molecule has 0 fully saturated rings. The van der Waals surface area contributed by atoms with Crippen LogP contribution in [0.1, 0.15) is 33.8 Å². The van der Waals surface area contributed by atoms with Gasteiger partial charge in [0, 0.05) is 30.9 Å². The lowest BCUT2D eigenvalue weighted by molar-refractivity contribution is 0.0954. The molecule has 1 amide bonds. The minimum atomic E-state index is -0.505. The molecule has 4 nitrogen and oxygen atoms in total. The minimum absolute atomic E-state index is 0.154. The van der Waals surface area contributed by atoms with Crippen LogP contribution in [0.25, 0.3) is 11.0 Å². The van der Waals surface area contributed by atoms with Gasteiger partial charge in [-0.2, -0.15) is 0 Å². The number of amides is 1. The molecule has 0 aliphatic rings. The topological polar surface area (TPSA) is 54.9 Å². The fourth-order valence-corrected chi connectivity index (χ4v) is 3.54. The van der Waals surface area contributed by atoms with Crippen molar-refractivity contribution in [1.29, 1.82) is 0 Å². The Kier molecular flexibility index (Phi) is 5.56. The molecule has 3 aromatic carbocycles. The summed E-state index contributed by atoms with van der Waals surface area (Å²) in [5.74, 6) is -0.703. The van der Waals surface area contributed by atoms with Gasteiger partial charge in [-0.25, -0.2) is 4.39 Å². The van der Waals surface area contributed by atoms with E-state index in [2.05, 4.69) is 39.6 Å². The van der Waals surface area contributed by atoms with Gasteiger partial charge in [0.2, 0.25) is 0 Å².